The van der Waals surface area contributed by atoms with Crippen LogP contribution in [0.3, 0.4) is 0 Å². The number of anilines is 1. The molecule has 0 aliphatic carbocycles. The number of carbonyl (C=O) groups is 1. The van der Waals surface area contributed by atoms with E-state index in [0.29, 0.717) is 18.0 Å². The van der Waals surface area contributed by atoms with Crippen molar-refractivity contribution >= 4 is 32.7 Å². The quantitative estimate of drug-likeness (QED) is 0.320. The van der Waals surface area contributed by atoms with Crippen molar-refractivity contribution in [2.45, 2.75) is 38.2 Å². The first kappa shape index (κ1) is 27.7. The van der Waals surface area contributed by atoms with Crippen LogP contribution >= 0.6 is 0 Å². The lowest BCUT2D eigenvalue weighted by Crippen LogP contribution is -2.50. The molecule has 1 aliphatic heterocycles. The van der Waals surface area contributed by atoms with E-state index < -0.39 is 15.4 Å². The number of aryl methyl sites for hydroxylation is 2. The Morgan fingerprint density at radius 3 is 2.05 bits per heavy atom. The van der Waals surface area contributed by atoms with E-state index in [1.54, 1.807) is 29.2 Å². The molecule has 40 heavy (non-hydrogen) atoms. The molecule has 1 aliphatic rings. The molecule has 0 saturated carbocycles. The van der Waals surface area contributed by atoms with Crippen molar-refractivity contribution in [2.75, 3.05) is 37.3 Å². The van der Waals surface area contributed by atoms with Gasteiger partial charge in [-0.1, -0.05) is 12.1 Å². The summed E-state index contributed by atoms with van der Waals surface area (Å²) >= 11 is 0. The van der Waals surface area contributed by atoms with Crippen molar-refractivity contribution in [3.05, 3.63) is 66.2 Å². The first-order chi connectivity index (χ1) is 18.8. The number of hydrogen-bond donors (Lipinski definition) is 0. The number of hydrogen-bond acceptors (Lipinski definition) is 6. The van der Waals surface area contributed by atoms with Crippen LogP contribution in [-0.2, 0) is 21.6 Å². The van der Waals surface area contributed by atoms with Crippen LogP contribution in [0.1, 0.15) is 26.3 Å². The molecule has 1 saturated heterocycles. The third kappa shape index (κ3) is 5.70. The summed E-state index contributed by atoms with van der Waals surface area (Å²) in [5.74, 6) is 0.788. The average Bonchev–Trinajstić information content (AvgIpc) is 3.24. The lowest BCUT2D eigenvalue weighted by atomic mass is 10.0. The number of carbonyl (C=O) groups excluding carboxylic acids is 1. The van der Waals surface area contributed by atoms with E-state index in [4.69, 9.17) is 9.72 Å². The van der Waals surface area contributed by atoms with Crippen molar-refractivity contribution < 1.29 is 17.9 Å². The predicted octanol–water partition coefficient (Wildman–Crippen LogP) is 5.68. The molecule has 4 aromatic rings. The number of ether oxygens (including phenoxy) is 1. The zero-order valence-corrected chi connectivity index (χ0v) is 24.7. The molecule has 0 unspecified atom stereocenters. The van der Waals surface area contributed by atoms with E-state index in [2.05, 4.69) is 52.8 Å². The summed E-state index contributed by atoms with van der Waals surface area (Å²) in [7, 11) is -1.27. The maximum Gasteiger partial charge on any atom is 0.410 e. The Hall–Kier alpha value is -3.85. The second-order valence-electron chi connectivity index (χ2n) is 11.5. The van der Waals surface area contributed by atoms with Gasteiger partial charge in [0.1, 0.15) is 11.4 Å². The summed E-state index contributed by atoms with van der Waals surface area (Å²) in [6.45, 7) is 10.5. The topological polar surface area (TPSA) is 84.7 Å². The molecular weight excluding hydrogens is 524 g/mol. The Bertz CT molecular complexity index is 1660. The Labute approximate surface area is 236 Å². The van der Waals surface area contributed by atoms with E-state index in [1.807, 2.05) is 27.8 Å². The van der Waals surface area contributed by atoms with Crippen molar-refractivity contribution in [1.29, 1.82) is 0 Å². The molecule has 0 radical (unpaired) electrons. The molecule has 9 heteroatoms. The van der Waals surface area contributed by atoms with Crippen molar-refractivity contribution in [3.8, 4) is 22.5 Å². The van der Waals surface area contributed by atoms with Gasteiger partial charge in [-0.3, -0.25) is 0 Å². The van der Waals surface area contributed by atoms with E-state index in [1.165, 1.54) is 6.26 Å². The maximum absolute atomic E-state index is 12.4. The van der Waals surface area contributed by atoms with Crippen molar-refractivity contribution in [1.82, 2.24) is 14.5 Å². The zero-order valence-electron chi connectivity index (χ0n) is 23.9. The minimum Gasteiger partial charge on any atom is -0.444 e. The van der Waals surface area contributed by atoms with E-state index in [9.17, 15) is 13.2 Å². The van der Waals surface area contributed by atoms with Crippen LogP contribution < -0.4 is 4.90 Å². The molecule has 5 rings (SSSR count). The number of sulfone groups is 1. The van der Waals surface area contributed by atoms with Gasteiger partial charge < -0.3 is 19.1 Å². The molecule has 8 nitrogen and oxygen atoms in total. The number of amides is 1. The fourth-order valence-corrected chi connectivity index (χ4v) is 5.70. The predicted molar refractivity (Wildman–Crippen MR) is 159 cm³/mol. The van der Waals surface area contributed by atoms with E-state index >= 15 is 0 Å². The largest absolute Gasteiger partial charge is 0.444 e. The standard InChI is InChI=1S/C31H36N4O4S/c1-21-19-24(20-27-28(21)32-29(33(27)5)23-9-13-26(14-10-23)40(6,37)38)22-7-11-25(12-8-22)34-15-17-35(18-16-34)30(36)39-31(2,3)4/h7-14,19-20H,15-18H2,1-6H3. The first-order valence-electron chi connectivity index (χ1n) is 13.4. The molecule has 1 aromatic heterocycles. The average molecular weight is 561 g/mol. The van der Waals surface area contributed by atoms with Gasteiger partial charge >= 0.3 is 6.09 Å². The van der Waals surface area contributed by atoms with Gasteiger partial charge in [0.2, 0.25) is 0 Å². The van der Waals surface area contributed by atoms with Crippen LogP contribution in [0.15, 0.2) is 65.6 Å². The first-order valence-corrected chi connectivity index (χ1v) is 15.3. The van der Waals surface area contributed by atoms with Gasteiger partial charge in [-0.05, 0) is 92.9 Å². The van der Waals surface area contributed by atoms with Crippen molar-refractivity contribution in [2.24, 2.45) is 7.05 Å². The van der Waals surface area contributed by atoms with Crippen molar-refractivity contribution in [3.63, 3.8) is 0 Å². The Kier molecular flexibility index (Phi) is 7.12. The lowest BCUT2D eigenvalue weighted by Gasteiger charge is -2.36. The fraction of sp³-hybridized carbons (Fsp3) is 0.355. The molecule has 1 fully saturated rings. The number of nitrogens with zero attached hydrogens (tertiary/aromatic N) is 4. The van der Waals surface area contributed by atoms with Gasteiger partial charge in [-0.2, -0.15) is 0 Å². The van der Waals surface area contributed by atoms with Gasteiger partial charge in [0, 0.05) is 50.7 Å². The molecule has 0 bridgehead atoms. The summed E-state index contributed by atoms with van der Waals surface area (Å²) in [5.41, 5.74) is 6.73. The summed E-state index contributed by atoms with van der Waals surface area (Å²) < 4.78 is 31.3. The zero-order chi connectivity index (χ0) is 28.8. The molecule has 0 atom stereocenters. The van der Waals surface area contributed by atoms with Crippen LogP contribution in [0.4, 0.5) is 10.5 Å². The van der Waals surface area contributed by atoms with Gasteiger partial charge in [0.25, 0.3) is 0 Å². The molecular formula is C31H36N4O4S. The number of benzene rings is 3. The second-order valence-corrected chi connectivity index (χ2v) is 13.5. The lowest BCUT2D eigenvalue weighted by molar-refractivity contribution is 0.0240. The Morgan fingerprint density at radius 2 is 1.48 bits per heavy atom. The van der Waals surface area contributed by atoms with Gasteiger partial charge in [0.05, 0.1) is 15.9 Å². The SMILES string of the molecule is Cc1cc(-c2ccc(N3CCN(C(=O)OC(C)(C)C)CC3)cc2)cc2c1nc(-c1ccc(S(C)(=O)=O)cc1)n2C. The smallest absolute Gasteiger partial charge is 0.410 e. The molecule has 1 amide bonds. The number of aromatic nitrogens is 2. The highest BCUT2D eigenvalue weighted by Crippen LogP contribution is 2.32. The number of fused-ring (bicyclic) bond motifs is 1. The van der Waals surface area contributed by atoms with Gasteiger partial charge in [0.15, 0.2) is 9.84 Å². The molecule has 0 spiro atoms. The number of rotatable bonds is 4. The maximum atomic E-state index is 12.4. The number of piperazine rings is 1. The van der Waals surface area contributed by atoms with E-state index in [0.717, 1.165) is 57.9 Å². The normalized spacial score (nSPS) is 14.6. The number of imidazole rings is 1. The molecule has 210 valence electrons. The minimum atomic E-state index is -3.25. The van der Waals surface area contributed by atoms with Crippen LogP contribution in [-0.4, -0.2) is 67.0 Å². The van der Waals surface area contributed by atoms with Gasteiger partial charge in [-0.15, -0.1) is 0 Å². The summed E-state index contributed by atoms with van der Waals surface area (Å²) in [6.07, 6.45) is 0.957. The second kappa shape index (κ2) is 10.3. The fourth-order valence-electron chi connectivity index (χ4n) is 5.07. The minimum absolute atomic E-state index is 0.252. The van der Waals surface area contributed by atoms with Gasteiger partial charge in [-0.25, -0.2) is 18.2 Å². The van der Waals surface area contributed by atoms with E-state index in [-0.39, 0.29) is 6.09 Å². The van der Waals surface area contributed by atoms with Crippen LogP contribution in [0.2, 0.25) is 0 Å². The molecule has 2 heterocycles. The monoisotopic (exact) mass is 560 g/mol. The summed E-state index contributed by atoms with van der Waals surface area (Å²) in [5, 5.41) is 0. The summed E-state index contributed by atoms with van der Waals surface area (Å²) in [6, 6.07) is 19.7. The van der Waals surface area contributed by atoms with Crippen LogP contribution in [0.5, 0.6) is 0 Å². The highest BCUT2D eigenvalue weighted by molar-refractivity contribution is 7.90. The third-order valence-electron chi connectivity index (χ3n) is 7.21. The van der Waals surface area contributed by atoms with Crippen LogP contribution in [0.25, 0.3) is 33.5 Å². The summed E-state index contributed by atoms with van der Waals surface area (Å²) in [4.78, 5) is 21.6. The molecule has 3 aromatic carbocycles. The highest BCUT2D eigenvalue weighted by Gasteiger charge is 2.26. The molecule has 0 N–H and O–H groups in total. The third-order valence-corrected chi connectivity index (χ3v) is 8.34. The van der Waals surface area contributed by atoms with Crippen LogP contribution in [0, 0.1) is 6.92 Å². The Balaban J connectivity index is 1.34. The highest BCUT2D eigenvalue weighted by atomic mass is 32.2. The Morgan fingerprint density at radius 1 is 0.875 bits per heavy atom.